The lowest BCUT2D eigenvalue weighted by atomic mass is 9.95. The monoisotopic (exact) mass is 250 g/mol. The summed E-state index contributed by atoms with van der Waals surface area (Å²) in [5.74, 6) is -0.162. The van der Waals surface area contributed by atoms with Crippen molar-refractivity contribution in [3.8, 4) is 0 Å². The first-order valence-electron chi connectivity index (χ1n) is 6.15. The summed E-state index contributed by atoms with van der Waals surface area (Å²) in [6.07, 6.45) is -0.141. The van der Waals surface area contributed by atoms with E-state index in [0.29, 0.717) is 13.1 Å². The number of hydrogen-bond acceptors (Lipinski definition) is 2. The maximum atomic E-state index is 12.9. The molecule has 18 heavy (non-hydrogen) atoms. The van der Waals surface area contributed by atoms with Crippen molar-refractivity contribution in [2.24, 2.45) is 5.41 Å². The fraction of sp³-hybridized carbons (Fsp3) is 0.500. The highest BCUT2D eigenvalue weighted by atomic mass is 19.1. The Morgan fingerprint density at radius 1 is 1.33 bits per heavy atom. The maximum Gasteiger partial charge on any atom is 0.238 e. The van der Waals surface area contributed by atoms with E-state index in [9.17, 15) is 9.18 Å². The molecule has 4 heteroatoms. The molecular weight excluding hydrogens is 231 g/mol. The van der Waals surface area contributed by atoms with Gasteiger partial charge in [0.2, 0.25) is 5.91 Å². The second-order valence-electron chi connectivity index (χ2n) is 5.92. The van der Waals surface area contributed by atoms with Gasteiger partial charge in [-0.15, -0.1) is 0 Å². The molecule has 1 unspecified atom stereocenters. The summed E-state index contributed by atoms with van der Waals surface area (Å²) in [6.45, 7) is 7.32. The van der Waals surface area contributed by atoms with Crippen LogP contribution in [0.1, 0.15) is 32.5 Å². The first-order chi connectivity index (χ1) is 8.37. The van der Waals surface area contributed by atoms with Gasteiger partial charge in [-0.25, -0.2) is 4.39 Å². The highest BCUT2D eigenvalue weighted by molar-refractivity contribution is 5.81. The van der Waals surface area contributed by atoms with Crippen molar-refractivity contribution < 1.29 is 9.18 Å². The third-order valence-corrected chi connectivity index (χ3v) is 2.91. The van der Waals surface area contributed by atoms with Crippen LogP contribution in [-0.4, -0.2) is 23.9 Å². The lowest BCUT2D eigenvalue weighted by Gasteiger charge is -2.31. The minimum absolute atomic E-state index is 0.0416. The Labute approximate surface area is 107 Å². The molecule has 0 saturated carbocycles. The van der Waals surface area contributed by atoms with E-state index in [1.165, 1.54) is 12.1 Å². The molecule has 0 bridgehead atoms. The average molecular weight is 250 g/mol. The van der Waals surface area contributed by atoms with Gasteiger partial charge in [0.1, 0.15) is 12.0 Å². The predicted octanol–water partition coefficient (Wildman–Crippen LogP) is 2.30. The van der Waals surface area contributed by atoms with E-state index < -0.39 is 0 Å². The number of benzene rings is 1. The molecule has 1 aliphatic heterocycles. The summed E-state index contributed by atoms with van der Waals surface area (Å²) in [5.41, 5.74) is 0.964. The summed E-state index contributed by atoms with van der Waals surface area (Å²) in [4.78, 5) is 13.7. The van der Waals surface area contributed by atoms with Crippen molar-refractivity contribution >= 4 is 5.91 Å². The quantitative estimate of drug-likeness (QED) is 0.873. The van der Waals surface area contributed by atoms with Crippen LogP contribution >= 0.6 is 0 Å². The lowest BCUT2D eigenvalue weighted by molar-refractivity contribution is -0.129. The molecule has 1 saturated heterocycles. The fourth-order valence-corrected chi connectivity index (χ4v) is 2.17. The van der Waals surface area contributed by atoms with Gasteiger partial charge < -0.3 is 4.90 Å². The van der Waals surface area contributed by atoms with Crippen molar-refractivity contribution in [1.82, 2.24) is 10.2 Å². The molecule has 1 amide bonds. The van der Waals surface area contributed by atoms with Gasteiger partial charge in [0.05, 0.1) is 6.54 Å². The van der Waals surface area contributed by atoms with E-state index in [4.69, 9.17) is 0 Å². The van der Waals surface area contributed by atoms with Gasteiger partial charge >= 0.3 is 0 Å². The topological polar surface area (TPSA) is 32.3 Å². The van der Waals surface area contributed by atoms with Gasteiger partial charge in [-0.2, -0.15) is 0 Å². The van der Waals surface area contributed by atoms with Crippen molar-refractivity contribution in [2.45, 2.75) is 26.9 Å². The summed E-state index contributed by atoms with van der Waals surface area (Å²) in [5, 5.41) is 3.17. The first kappa shape index (κ1) is 13.0. The van der Waals surface area contributed by atoms with Crippen LogP contribution in [0.3, 0.4) is 0 Å². The van der Waals surface area contributed by atoms with Crippen LogP contribution in [0, 0.1) is 11.2 Å². The average Bonchev–Trinajstić information content (AvgIpc) is 2.60. The lowest BCUT2D eigenvalue weighted by Crippen LogP contribution is -2.37. The second-order valence-corrected chi connectivity index (χ2v) is 5.92. The van der Waals surface area contributed by atoms with E-state index in [1.54, 1.807) is 12.1 Å². The SMILES string of the molecule is CC(C)(C)CN1C(=O)CNC1c1ccc(F)cc1. The zero-order chi connectivity index (χ0) is 13.3. The summed E-state index contributed by atoms with van der Waals surface area (Å²) in [6, 6.07) is 6.30. The van der Waals surface area contributed by atoms with Crippen molar-refractivity contribution in [2.75, 3.05) is 13.1 Å². The Kier molecular flexibility index (Phi) is 3.39. The summed E-state index contributed by atoms with van der Waals surface area (Å²) in [7, 11) is 0. The van der Waals surface area contributed by atoms with Gasteiger partial charge in [0.25, 0.3) is 0 Å². The molecule has 0 radical (unpaired) electrons. The molecule has 0 aromatic heterocycles. The summed E-state index contributed by atoms with van der Waals surface area (Å²) < 4.78 is 12.9. The van der Waals surface area contributed by atoms with Gasteiger partial charge in [0.15, 0.2) is 0 Å². The molecule has 0 aliphatic carbocycles. The van der Waals surface area contributed by atoms with E-state index in [-0.39, 0.29) is 23.3 Å². The molecular formula is C14H19FN2O. The highest BCUT2D eigenvalue weighted by Crippen LogP contribution is 2.27. The van der Waals surface area contributed by atoms with Crippen LogP contribution in [0.2, 0.25) is 0 Å². The highest BCUT2D eigenvalue weighted by Gasteiger charge is 2.33. The van der Waals surface area contributed by atoms with Crippen LogP contribution in [0.25, 0.3) is 0 Å². The predicted molar refractivity (Wildman–Crippen MR) is 68.3 cm³/mol. The van der Waals surface area contributed by atoms with Crippen LogP contribution in [0.5, 0.6) is 0 Å². The molecule has 3 nitrogen and oxygen atoms in total. The number of halogens is 1. The van der Waals surface area contributed by atoms with Gasteiger partial charge in [-0.05, 0) is 23.1 Å². The van der Waals surface area contributed by atoms with E-state index in [0.717, 1.165) is 5.56 Å². The third-order valence-electron chi connectivity index (χ3n) is 2.91. The molecule has 1 heterocycles. The van der Waals surface area contributed by atoms with E-state index in [1.807, 2.05) is 4.90 Å². The Hall–Kier alpha value is -1.42. The largest absolute Gasteiger partial charge is 0.321 e. The molecule has 1 aromatic carbocycles. The minimum Gasteiger partial charge on any atom is -0.321 e. The van der Waals surface area contributed by atoms with Gasteiger partial charge in [0, 0.05) is 6.54 Å². The van der Waals surface area contributed by atoms with Gasteiger partial charge in [-0.3, -0.25) is 10.1 Å². The molecule has 1 N–H and O–H groups in total. The molecule has 1 atom stereocenters. The Bertz CT molecular complexity index is 436. The molecule has 1 fully saturated rings. The molecule has 2 rings (SSSR count). The zero-order valence-corrected chi connectivity index (χ0v) is 11.0. The van der Waals surface area contributed by atoms with Gasteiger partial charge in [-0.1, -0.05) is 32.9 Å². The third kappa shape index (κ3) is 2.88. The zero-order valence-electron chi connectivity index (χ0n) is 11.0. The number of nitrogens with one attached hydrogen (secondary N) is 1. The summed E-state index contributed by atoms with van der Waals surface area (Å²) >= 11 is 0. The normalized spacial score (nSPS) is 20.6. The number of amides is 1. The number of carbonyl (C=O) groups is 1. The molecule has 0 spiro atoms. The molecule has 1 aromatic rings. The van der Waals surface area contributed by atoms with Crippen LogP contribution < -0.4 is 5.32 Å². The Balaban J connectivity index is 2.21. The number of nitrogens with zero attached hydrogens (tertiary/aromatic N) is 1. The second kappa shape index (κ2) is 4.69. The minimum atomic E-state index is -0.259. The molecule has 1 aliphatic rings. The van der Waals surface area contributed by atoms with Crippen LogP contribution in [0.4, 0.5) is 4.39 Å². The smallest absolute Gasteiger partial charge is 0.238 e. The number of rotatable bonds is 2. The van der Waals surface area contributed by atoms with Crippen molar-refractivity contribution in [3.05, 3.63) is 35.6 Å². The van der Waals surface area contributed by atoms with E-state index in [2.05, 4.69) is 26.1 Å². The van der Waals surface area contributed by atoms with Crippen LogP contribution in [-0.2, 0) is 4.79 Å². The standard InChI is InChI=1S/C14H19FN2O/c1-14(2,3)9-17-12(18)8-16-13(17)10-4-6-11(15)7-5-10/h4-7,13,16H,8-9H2,1-3H3. The Morgan fingerprint density at radius 3 is 2.50 bits per heavy atom. The fourth-order valence-electron chi connectivity index (χ4n) is 2.17. The number of carbonyl (C=O) groups excluding carboxylic acids is 1. The van der Waals surface area contributed by atoms with Crippen LogP contribution in [0.15, 0.2) is 24.3 Å². The maximum absolute atomic E-state index is 12.9. The first-order valence-corrected chi connectivity index (χ1v) is 6.15. The van der Waals surface area contributed by atoms with Crippen molar-refractivity contribution in [3.63, 3.8) is 0 Å². The van der Waals surface area contributed by atoms with Crippen molar-refractivity contribution in [1.29, 1.82) is 0 Å². The molecule has 98 valence electrons. The van der Waals surface area contributed by atoms with E-state index >= 15 is 0 Å². The Morgan fingerprint density at radius 2 is 1.94 bits per heavy atom. The number of hydrogen-bond donors (Lipinski definition) is 1.